The van der Waals surface area contributed by atoms with Crippen molar-refractivity contribution in [3.05, 3.63) is 36.1 Å². The minimum absolute atomic E-state index is 0.111. The zero-order valence-electron chi connectivity index (χ0n) is 15.0. The molecule has 0 aliphatic heterocycles. The van der Waals surface area contributed by atoms with E-state index >= 15 is 0 Å². The summed E-state index contributed by atoms with van der Waals surface area (Å²) >= 11 is 0. The number of nitrogens with one attached hydrogen (secondary N) is 2. The number of aliphatic hydroxyl groups excluding tert-OH is 1. The van der Waals surface area contributed by atoms with E-state index in [1.165, 1.54) is 0 Å². The minimum Gasteiger partial charge on any atom is -0.489 e. The Morgan fingerprint density at radius 3 is 2.44 bits per heavy atom. The molecule has 2 rings (SSSR count). The predicted molar refractivity (Wildman–Crippen MR) is 103 cm³/mol. The summed E-state index contributed by atoms with van der Waals surface area (Å²) in [6.07, 6.45) is 1.79. The van der Waals surface area contributed by atoms with Gasteiger partial charge < -0.3 is 25.6 Å². The van der Waals surface area contributed by atoms with Crippen molar-refractivity contribution < 1.29 is 9.84 Å². The molecule has 6 nitrogen and oxygen atoms in total. The second kappa shape index (κ2) is 8.58. The quantitative estimate of drug-likeness (QED) is 0.709. The molecule has 0 saturated carbocycles. The molecule has 0 saturated heterocycles. The first-order valence-electron chi connectivity index (χ1n) is 8.52. The van der Waals surface area contributed by atoms with Gasteiger partial charge in [-0.3, -0.25) is 0 Å². The third kappa shape index (κ3) is 4.76. The van der Waals surface area contributed by atoms with Crippen LogP contribution in [0.4, 0.5) is 11.4 Å². The predicted octanol–water partition coefficient (Wildman–Crippen LogP) is 3.33. The van der Waals surface area contributed by atoms with Gasteiger partial charge in [0, 0.05) is 30.8 Å². The first-order chi connectivity index (χ1) is 12.0. The largest absolute Gasteiger partial charge is 0.489 e. The fraction of sp³-hybridized carbons (Fsp3) is 0.421. The summed E-state index contributed by atoms with van der Waals surface area (Å²) in [5, 5.41) is 24.8. The van der Waals surface area contributed by atoms with E-state index in [1.54, 1.807) is 6.08 Å². The first kappa shape index (κ1) is 18.9. The van der Waals surface area contributed by atoms with Gasteiger partial charge >= 0.3 is 0 Å². The SMILES string of the molecule is CCN(c1ccc(N=C2C=C(OCCO)C(=N)CC2=N)cc1)C(C)C. The highest BCUT2D eigenvalue weighted by atomic mass is 16.5. The summed E-state index contributed by atoms with van der Waals surface area (Å²) in [6, 6.07) is 8.36. The van der Waals surface area contributed by atoms with E-state index in [4.69, 9.17) is 20.7 Å². The smallest absolute Gasteiger partial charge is 0.142 e. The number of aliphatic imine (C=N–C) groups is 1. The van der Waals surface area contributed by atoms with Crippen molar-refractivity contribution in [2.75, 3.05) is 24.7 Å². The topological polar surface area (TPSA) is 92.8 Å². The van der Waals surface area contributed by atoms with Crippen LogP contribution >= 0.6 is 0 Å². The molecule has 1 aromatic carbocycles. The normalized spacial score (nSPS) is 16.4. The van der Waals surface area contributed by atoms with Crippen molar-refractivity contribution in [2.45, 2.75) is 33.2 Å². The van der Waals surface area contributed by atoms with Gasteiger partial charge in [0.1, 0.15) is 12.4 Å². The van der Waals surface area contributed by atoms with Crippen LogP contribution in [0.3, 0.4) is 0 Å². The molecule has 0 bridgehead atoms. The number of hydrogen-bond acceptors (Lipinski definition) is 6. The van der Waals surface area contributed by atoms with Crippen molar-refractivity contribution in [3.63, 3.8) is 0 Å². The molecule has 0 heterocycles. The lowest BCUT2D eigenvalue weighted by molar-refractivity contribution is 0.155. The standard InChI is InChI=1S/C19H26N4O2/c1-4-23(13(2)3)15-7-5-14(6-8-15)22-18-12-19(25-10-9-24)17(21)11-16(18)20/h5-8,12-13,20-21,24H,4,9-11H2,1-3H3. The Kier molecular flexibility index (Phi) is 6.47. The molecule has 134 valence electrons. The first-order valence-corrected chi connectivity index (χ1v) is 8.52. The number of rotatable bonds is 7. The third-order valence-electron chi connectivity index (χ3n) is 3.97. The second-order valence-corrected chi connectivity index (χ2v) is 6.11. The number of benzene rings is 1. The highest BCUT2D eigenvalue weighted by Gasteiger charge is 2.20. The highest BCUT2D eigenvalue weighted by Crippen LogP contribution is 2.23. The minimum atomic E-state index is -0.111. The molecule has 0 fully saturated rings. The summed E-state index contributed by atoms with van der Waals surface area (Å²) in [7, 11) is 0. The van der Waals surface area contributed by atoms with Gasteiger partial charge in [-0.25, -0.2) is 4.99 Å². The van der Waals surface area contributed by atoms with Gasteiger partial charge in [0.2, 0.25) is 0 Å². The average molecular weight is 342 g/mol. The molecule has 0 aromatic heterocycles. The van der Waals surface area contributed by atoms with E-state index in [0.717, 1.165) is 17.9 Å². The van der Waals surface area contributed by atoms with Gasteiger partial charge in [-0.05, 0) is 45.0 Å². The van der Waals surface area contributed by atoms with Gasteiger partial charge in [-0.2, -0.15) is 0 Å². The molecular weight excluding hydrogens is 316 g/mol. The van der Waals surface area contributed by atoms with Gasteiger partial charge in [-0.15, -0.1) is 0 Å². The molecule has 0 amide bonds. The van der Waals surface area contributed by atoms with Crippen LogP contribution in [-0.4, -0.2) is 48.0 Å². The molecule has 0 radical (unpaired) electrons. The van der Waals surface area contributed by atoms with Crippen LogP contribution in [0.15, 0.2) is 41.1 Å². The maximum atomic E-state index is 8.87. The summed E-state index contributed by atoms with van der Waals surface area (Å²) < 4.78 is 5.35. The summed E-state index contributed by atoms with van der Waals surface area (Å²) in [5.41, 5.74) is 2.93. The van der Waals surface area contributed by atoms with Crippen molar-refractivity contribution in [1.82, 2.24) is 0 Å². The Hall–Kier alpha value is -2.47. The van der Waals surface area contributed by atoms with Crippen molar-refractivity contribution in [3.8, 4) is 0 Å². The van der Waals surface area contributed by atoms with Crippen LogP contribution in [0.1, 0.15) is 27.2 Å². The molecule has 25 heavy (non-hydrogen) atoms. The number of allylic oxidation sites excluding steroid dienone is 2. The highest BCUT2D eigenvalue weighted by molar-refractivity contribution is 6.51. The van der Waals surface area contributed by atoms with Crippen LogP contribution in [0, 0.1) is 10.8 Å². The molecule has 1 aromatic rings. The van der Waals surface area contributed by atoms with Crippen LogP contribution < -0.4 is 4.90 Å². The molecule has 0 atom stereocenters. The summed E-state index contributed by atoms with van der Waals surface area (Å²) in [5.74, 6) is 0.373. The lowest BCUT2D eigenvalue weighted by Gasteiger charge is -2.27. The lowest BCUT2D eigenvalue weighted by atomic mass is 10.00. The van der Waals surface area contributed by atoms with E-state index in [2.05, 4.69) is 30.7 Å². The maximum absolute atomic E-state index is 8.87. The number of hydrogen-bond donors (Lipinski definition) is 3. The van der Waals surface area contributed by atoms with Gasteiger partial charge in [0.15, 0.2) is 0 Å². The lowest BCUT2D eigenvalue weighted by Crippen LogP contribution is -2.30. The van der Waals surface area contributed by atoms with Crippen molar-refractivity contribution in [2.24, 2.45) is 4.99 Å². The molecule has 0 spiro atoms. The Bertz CT molecular complexity index is 690. The third-order valence-corrected chi connectivity index (χ3v) is 3.97. The Morgan fingerprint density at radius 2 is 1.88 bits per heavy atom. The van der Waals surface area contributed by atoms with E-state index in [-0.39, 0.29) is 25.3 Å². The van der Waals surface area contributed by atoms with Gasteiger partial charge in [-0.1, -0.05) is 0 Å². The number of aliphatic hydroxyl groups is 1. The summed E-state index contributed by atoms with van der Waals surface area (Å²) in [4.78, 5) is 6.81. The molecule has 3 N–H and O–H groups in total. The molecule has 1 aliphatic carbocycles. The second-order valence-electron chi connectivity index (χ2n) is 6.11. The summed E-state index contributed by atoms with van der Waals surface area (Å²) in [6.45, 7) is 7.41. The maximum Gasteiger partial charge on any atom is 0.142 e. The molecule has 6 heteroatoms. The fourth-order valence-electron chi connectivity index (χ4n) is 2.74. The molecule has 1 aliphatic rings. The molecular formula is C19H26N4O2. The van der Waals surface area contributed by atoms with Crippen molar-refractivity contribution in [1.29, 1.82) is 10.8 Å². The monoisotopic (exact) mass is 342 g/mol. The Labute approximate surface area is 148 Å². The number of anilines is 1. The van der Waals surface area contributed by atoms with Gasteiger partial charge in [0.05, 0.1) is 29.4 Å². The van der Waals surface area contributed by atoms with Crippen LogP contribution in [0.2, 0.25) is 0 Å². The van der Waals surface area contributed by atoms with E-state index in [1.807, 2.05) is 24.3 Å². The zero-order valence-corrected chi connectivity index (χ0v) is 15.0. The number of nitrogens with zero attached hydrogens (tertiary/aromatic N) is 2. The van der Waals surface area contributed by atoms with Crippen LogP contribution in [0.25, 0.3) is 0 Å². The fourth-order valence-corrected chi connectivity index (χ4v) is 2.74. The van der Waals surface area contributed by atoms with E-state index in [9.17, 15) is 0 Å². The Balaban J connectivity index is 2.24. The van der Waals surface area contributed by atoms with E-state index in [0.29, 0.717) is 23.2 Å². The van der Waals surface area contributed by atoms with Crippen LogP contribution in [-0.2, 0) is 4.74 Å². The van der Waals surface area contributed by atoms with E-state index < -0.39 is 0 Å². The molecule has 0 unspecified atom stereocenters. The number of ether oxygens (including phenoxy) is 1. The average Bonchev–Trinajstić information content (AvgIpc) is 2.58. The zero-order chi connectivity index (χ0) is 18.4. The Morgan fingerprint density at radius 1 is 1.20 bits per heavy atom. The van der Waals surface area contributed by atoms with Crippen LogP contribution in [0.5, 0.6) is 0 Å². The van der Waals surface area contributed by atoms with Gasteiger partial charge in [0.25, 0.3) is 0 Å². The van der Waals surface area contributed by atoms with Crippen molar-refractivity contribution >= 4 is 28.5 Å².